The van der Waals surface area contributed by atoms with Gasteiger partial charge in [0.2, 0.25) is 0 Å². The van der Waals surface area contributed by atoms with Crippen molar-refractivity contribution in [2.24, 2.45) is 0 Å². The van der Waals surface area contributed by atoms with Gasteiger partial charge in [0.25, 0.3) is 5.91 Å². The molecule has 0 aromatic heterocycles. The van der Waals surface area contributed by atoms with Crippen molar-refractivity contribution in [1.82, 2.24) is 0 Å². The molecule has 0 aliphatic heterocycles. The third kappa shape index (κ3) is 4.95. The summed E-state index contributed by atoms with van der Waals surface area (Å²) in [5.74, 6) is 0.0101. The quantitative estimate of drug-likeness (QED) is 0.877. The Balaban J connectivity index is 1.96. The van der Waals surface area contributed by atoms with E-state index in [1.54, 1.807) is 18.2 Å². The van der Waals surface area contributed by atoms with Crippen LogP contribution in [0.4, 0.5) is 14.5 Å². The van der Waals surface area contributed by atoms with Crippen LogP contribution < -0.4 is 14.8 Å². The molecule has 0 saturated carbocycles. The molecule has 2 aromatic carbocycles. The van der Waals surface area contributed by atoms with Gasteiger partial charge in [-0.1, -0.05) is 18.2 Å². The maximum Gasteiger partial charge on any atom is 0.387 e. The van der Waals surface area contributed by atoms with E-state index in [1.807, 2.05) is 26.0 Å². The molecule has 0 fully saturated rings. The number of aryl methyl sites for hydroxylation is 2. The van der Waals surface area contributed by atoms with E-state index in [4.69, 9.17) is 4.74 Å². The Hall–Kier alpha value is -2.63. The van der Waals surface area contributed by atoms with Crippen molar-refractivity contribution in [1.29, 1.82) is 0 Å². The van der Waals surface area contributed by atoms with E-state index >= 15 is 0 Å². The van der Waals surface area contributed by atoms with Gasteiger partial charge < -0.3 is 14.8 Å². The SMILES string of the molecule is Cc1ccc(OCC(=O)Nc2ccccc2OC(F)F)cc1C. The van der Waals surface area contributed by atoms with E-state index < -0.39 is 12.5 Å². The fourth-order valence-corrected chi connectivity index (χ4v) is 1.91. The zero-order valence-electron chi connectivity index (χ0n) is 12.8. The van der Waals surface area contributed by atoms with Crippen LogP contribution in [-0.2, 0) is 4.79 Å². The molecule has 0 spiro atoms. The highest BCUT2D eigenvalue weighted by molar-refractivity contribution is 5.93. The van der Waals surface area contributed by atoms with Crippen molar-refractivity contribution in [3.8, 4) is 11.5 Å². The first-order valence-corrected chi connectivity index (χ1v) is 6.99. The minimum atomic E-state index is -2.96. The van der Waals surface area contributed by atoms with Crippen molar-refractivity contribution in [2.45, 2.75) is 20.5 Å². The molecule has 0 bridgehead atoms. The lowest BCUT2D eigenvalue weighted by atomic mass is 10.1. The van der Waals surface area contributed by atoms with Crippen LogP contribution >= 0.6 is 0 Å². The zero-order chi connectivity index (χ0) is 16.8. The van der Waals surface area contributed by atoms with Crippen molar-refractivity contribution >= 4 is 11.6 Å². The Morgan fingerprint density at radius 2 is 1.87 bits per heavy atom. The second-order valence-electron chi connectivity index (χ2n) is 4.96. The summed E-state index contributed by atoms with van der Waals surface area (Å²) in [7, 11) is 0. The van der Waals surface area contributed by atoms with E-state index in [9.17, 15) is 13.6 Å². The number of carbonyl (C=O) groups is 1. The Bertz CT molecular complexity index is 689. The summed E-state index contributed by atoms with van der Waals surface area (Å²) < 4.78 is 34.4. The molecule has 0 unspecified atom stereocenters. The van der Waals surface area contributed by atoms with Crippen LogP contribution in [0.15, 0.2) is 42.5 Å². The van der Waals surface area contributed by atoms with Crippen LogP contribution in [0.2, 0.25) is 0 Å². The number of hydrogen-bond donors (Lipinski definition) is 1. The van der Waals surface area contributed by atoms with Gasteiger partial charge in [0.1, 0.15) is 11.5 Å². The van der Waals surface area contributed by atoms with Crippen molar-refractivity contribution in [3.05, 3.63) is 53.6 Å². The van der Waals surface area contributed by atoms with E-state index in [0.717, 1.165) is 11.1 Å². The minimum absolute atomic E-state index is 0.0953. The van der Waals surface area contributed by atoms with Gasteiger partial charge in [-0.15, -0.1) is 0 Å². The van der Waals surface area contributed by atoms with Gasteiger partial charge >= 0.3 is 6.61 Å². The fraction of sp³-hybridized carbons (Fsp3) is 0.235. The average Bonchev–Trinajstić information content (AvgIpc) is 2.50. The lowest BCUT2D eigenvalue weighted by Gasteiger charge is -2.12. The topological polar surface area (TPSA) is 47.6 Å². The van der Waals surface area contributed by atoms with Gasteiger partial charge in [-0.3, -0.25) is 4.79 Å². The zero-order valence-corrected chi connectivity index (χ0v) is 12.8. The summed E-state index contributed by atoms with van der Waals surface area (Å²) in [6, 6.07) is 11.5. The highest BCUT2D eigenvalue weighted by Gasteiger charge is 2.12. The Morgan fingerprint density at radius 3 is 2.57 bits per heavy atom. The van der Waals surface area contributed by atoms with Crippen molar-refractivity contribution < 1.29 is 23.0 Å². The molecule has 2 aromatic rings. The molecule has 0 heterocycles. The van der Waals surface area contributed by atoms with Gasteiger partial charge in [0, 0.05) is 0 Å². The Kier molecular flexibility index (Phi) is 5.51. The highest BCUT2D eigenvalue weighted by Crippen LogP contribution is 2.25. The molecular formula is C17H17F2NO3. The molecular weight excluding hydrogens is 304 g/mol. The summed E-state index contributed by atoms with van der Waals surface area (Å²) in [6.45, 7) is 0.733. The van der Waals surface area contributed by atoms with Gasteiger partial charge in [-0.25, -0.2) is 0 Å². The number of amides is 1. The molecule has 0 aliphatic rings. The predicted octanol–water partition coefficient (Wildman–Crippen LogP) is 3.92. The molecule has 23 heavy (non-hydrogen) atoms. The van der Waals surface area contributed by atoms with E-state index in [0.29, 0.717) is 5.75 Å². The summed E-state index contributed by atoms with van der Waals surface area (Å²) in [6.07, 6.45) is 0. The number of hydrogen-bond acceptors (Lipinski definition) is 3. The van der Waals surface area contributed by atoms with Gasteiger partial charge in [-0.2, -0.15) is 8.78 Å². The monoisotopic (exact) mass is 321 g/mol. The molecule has 6 heteroatoms. The molecule has 4 nitrogen and oxygen atoms in total. The number of ether oxygens (including phenoxy) is 2. The molecule has 0 radical (unpaired) electrons. The fourth-order valence-electron chi connectivity index (χ4n) is 1.91. The molecule has 2 rings (SSSR count). The molecule has 0 atom stereocenters. The first-order valence-electron chi connectivity index (χ1n) is 6.99. The number of para-hydroxylation sites is 2. The normalized spacial score (nSPS) is 10.5. The first-order chi connectivity index (χ1) is 11.0. The smallest absolute Gasteiger partial charge is 0.387 e. The van der Waals surface area contributed by atoms with Crippen LogP contribution in [0.3, 0.4) is 0 Å². The summed E-state index contributed by atoms with van der Waals surface area (Å²) in [4.78, 5) is 11.9. The average molecular weight is 321 g/mol. The standard InChI is InChI=1S/C17H17F2NO3/c1-11-7-8-13(9-12(11)2)22-10-16(21)20-14-5-3-4-6-15(14)23-17(18)19/h3-9,17H,10H2,1-2H3,(H,20,21). The van der Waals surface area contributed by atoms with Crippen LogP contribution in [0.1, 0.15) is 11.1 Å². The predicted molar refractivity (Wildman–Crippen MR) is 83.1 cm³/mol. The van der Waals surface area contributed by atoms with Gasteiger partial charge in [0.05, 0.1) is 5.69 Å². The third-order valence-electron chi connectivity index (χ3n) is 3.23. The van der Waals surface area contributed by atoms with Gasteiger partial charge in [-0.05, 0) is 49.2 Å². The highest BCUT2D eigenvalue weighted by atomic mass is 19.3. The maximum absolute atomic E-state index is 12.3. The lowest BCUT2D eigenvalue weighted by molar-refractivity contribution is -0.118. The number of alkyl halides is 2. The molecule has 122 valence electrons. The van der Waals surface area contributed by atoms with Crippen molar-refractivity contribution in [2.75, 3.05) is 11.9 Å². The second-order valence-corrected chi connectivity index (χ2v) is 4.96. The first kappa shape index (κ1) is 16.7. The van der Waals surface area contributed by atoms with E-state index in [1.165, 1.54) is 12.1 Å². The van der Waals surface area contributed by atoms with E-state index in [-0.39, 0.29) is 18.0 Å². The van der Waals surface area contributed by atoms with Crippen molar-refractivity contribution in [3.63, 3.8) is 0 Å². The lowest BCUT2D eigenvalue weighted by Crippen LogP contribution is -2.21. The number of anilines is 1. The Labute approximate surface area is 133 Å². The minimum Gasteiger partial charge on any atom is -0.484 e. The van der Waals surface area contributed by atoms with E-state index in [2.05, 4.69) is 10.1 Å². The number of rotatable bonds is 6. The number of benzene rings is 2. The summed E-state index contributed by atoms with van der Waals surface area (Å²) in [5, 5.41) is 2.49. The summed E-state index contributed by atoms with van der Waals surface area (Å²) in [5.41, 5.74) is 2.35. The third-order valence-corrected chi connectivity index (χ3v) is 3.23. The molecule has 0 aliphatic carbocycles. The second kappa shape index (κ2) is 7.58. The Morgan fingerprint density at radius 1 is 1.13 bits per heavy atom. The van der Waals surface area contributed by atoms with Crippen LogP contribution in [0, 0.1) is 13.8 Å². The summed E-state index contributed by atoms with van der Waals surface area (Å²) >= 11 is 0. The van der Waals surface area contributed by atoms with Crippen LogP contribution in [-0.4, -0.2) is 19.1 Å². The maximum atomic E-state index is 12.3. The number of halogens is 2. The molecule has 0 saturated heterocycles. The molecule has 1 amide bonds. The number of nitrogens with one attached hydrogen (secondary N) is 1. The van der Waals surface area contributed by atoms with Gasteiger partial charge in [0.15, 0.2) is 6.61 Å². The van der Waals surface area contributed by atoms with Crippen LogP contribution in [0.25, 0.3) is 0 Å². The van der Waals surface area contributed by atoms with Crippen LogP contribution in [0.5, 0.6) is 11.5 Å². The largest absolute Gasteiger partial charge is 0.484 e. The molecule has 1 N–H and O–H groups in total. The number of carbonyl (C=O) groups excluding carboxylic acids is 1.